The van der Waals surface area contributed by atoms with Gasteiger partial charge in [0, 0.05) is 50.7 Å². The predicted molar refractivity (Wildman–Crippen MR) is 90.6 cm³/mol. The van der Waals surface area contributed by atoms with Crippen LogP contribution >= 0.6 is 0 Å². The lowest BCUT2D eigenvalue weighted by Crippen LogP contribution is -2.46. The number of hydrogen-bond donors (Lipinski definition) is 1. The van der Waals surface area contributed by atoms with Gasteiger partial charge in [0.1, 0.15) is 0 Å². The van der Waals surface area contributed by atoms with E-state index in [1.807, 2.05) is 6.07 Å². The van der Waals surface area contributed by atoms with E-state index in [9.17, 15) is 4.79 Å². The van der Waals surface area contributed by atoms with Crippen LogP contribution in [0.5, 0.6) is 0 Å². The minimum Gasteiger partial charge on any atom is -0.381 e. The Bertz CT molecular complexity index is 570. The molecule has 130 valence electrons. The summed E-state index contributed by atoms with van der Waals surface area (Å²) in [5, 5.41) is 3.23. The molecule has 1 aromatic rings. The number of anilines is 1. The first-order valence-electron chi connectivity index (χ1n) is 9.14. The van der Waals surface area contributed by atoms with Crippen molar-refractivity contribution >= 4 is 11.9 Å². The summed E-state index contributed by atoms with van der Waals surface area (Å²) in [6.45, 7) is 4.09. The van der Waals surface area contributed by atoms with Crippen LogP contribution in [0.25, 0.3) is 0 Å². The molecule has 6 heteroatoms. The maximum absolute atomic E-state index is 12.9. The molecule has 3 fully saturated rings. The summed E-state index contributed by atoms with van der Waals surface area (Å²) in [7, 11) is 0. The standard InChI is InChI=1S/C18H26N4O2/c23-16(21-11-14-3-9-24-10-4-14)15-12-22(13-18(15)5-1-6-18)17-19-7-2-8-20-17/h2,7-8,14-15H,1,3-6,9-13H2,(H,21,23). The Morgan fingerprint density at radius 1 is 1.29 bits per heavy atom. The Morgan fingerprint density at radius 3 is 2.71 bits per heavy atom. The van der Waals surface area contributed by atoms with Gasteiger partial charge in [0.2, 0.25) is 11.9 Å². The van der Waals surface area contributed by atoms with Crippen molar-refractivity contribution in [2.75, 3.05) is 37.7 Å². The number of ether oxygens (including phenoxy) is 1. The number of hydrogen-bond acceptors (Lipinski definition) is 5. The first-order valence-corrected chi connectivity index (χ1v) is 9.14. The number of nitrogens with one attached hydrogen (secondary N) is 1. The number of nitrogens with zero attached hydrogens (tertiary/aromatic N) is 3. The molecule has 24 heavy (non-hydrogen) atoms. The highest BCUT2D eigenvalue weighted by Crippen LogP contribution is 2.52. The molecule has 1 amide bonds. The van der Waals surface area contributed by atoms with Crippen LogP contribution in [0.2, 0.25) is 0 Å². The van der Waals surface area contributed by atoms with Gasteiger partial charge in [-0.1, -0.05) is 6.42 Å². The van der Waals surface area contributed by atoms with Crippen LogP contribution in [0, 0.1) is 17.3 Å². The summed E-state index contributed by atoms with van der Waals surface area (Å²) in [4.78, 5) is 23.8. The van der Waals surface area contributed by atoms with Crippen molar-refractivity contribution in [2.45, 2.75) is 32.1 Å². The van der Waals surface area contributed by atoms with Gasteiger partial charge in [0.05, 0.1) is 5.92 Å². The molecule has 1 aliphatic carbocycles. The normalized spacial score (nSPS) is 26.3. The summed E-state index contributed by atoms with van der Waals surface area (Å²) in [6, 6.07) is 1.83. The fourth-order valence-corrected chi connectivity index (χ4v) is 4.39. The SMILES string of the molecule is O=C(NCC1CCOCC1)C1CN(c2ncccn2)CC12CCC2. The van der Waals surface area contributed by atoms with Crippen molar-refractivity contribution in [2.24, 2.45) is 17.3 Å². The third kappa shape index (κ3) is 2.99. The number of carbonyl (C=O) groups excluding carboxylic acids is 1. The van der Waals surface area contributed by atoms with Crippen LogP contribution in [0.4, 0.5) is 5.95 Å². The maximum Gasteiger partial charge on any atom is 0.225 e. The lowest BCUT2D eigenvalue weighted by Gasteiger charge is -2.42. The fraction of sp³-hybridized carbons (Fsp3) is 0.722. The van der Waals surface area contributed by atoms with Gasteiger partial charge in [-0.05, 0) is 37.7 Å². The molecule has 0 bridgehead atoms. The highest BCUT2D eigenvalue weighted by atomic mass is 16.5. The second-order valence-corrected chi connectivity index (χ2v) is 7.50. The van der Waals surface area contributed by atoms with E-state index in [4.69, 9.17) is 4.74 Å². The zero-order valence-corrected chi connectivity index (χ0v) is 14.1. The Hall–Kier alpha value is -1.69. The molecule has 1 atom stereocenters. The lowest BCUT2D eigenvalue weighted by molar-refractivity contribution is -0.129. The van der Waals surface area contributed by atoms with Gasteiger partial charge in [-0.25, -0.2) is 9.97 Å². The first kappa shape index (κ1) is 15.8. The molecule has 1 unspecified atom stereocenters. The summed E-state index contributed by atoms with van der Waals surface area (Å²) < 4.78 is 5.40. The van der Waals surface area contributed by atoms with E-state index in [1.165, 1.54) is 6.42 Å². The zero-order chi connectivity index (χ0) is 16.4. The van der Waals surface area contributed by atoms with Crippen molar-refractivity contribution in [3.05, 3.63) is 18.5 Å². The monoisotopic (exact) mass is 330 g/mol. The number of rotatable bonds is 4. The molecular weight excluding hydrogens is 304 g/mol. The first-order chi connectivity index (χ1) is 11.8. The van der Waals surface area contributed by atoms with E-state index in [-0.39, 0.29) is 17.2 Å². The molecular formula is C18H26N4O2. The lowest BCUT2D eigenvalue weighted by atomic mass is 9.62. The molecule has 6 nitrogen and oxygen atoms in total. The van der Waals surface area contributed by atoms with Gasteiger partial charge < -0.3 is 15.0 Å². The molecule has 3 aliphatic rings. The summed E-state index contributed by atoms with van der Waals surface area (Å²) in [5.74, 6) is 1.60. The van der Waals surface area contributed by atoms with E-state index in [0.29, 0.717) is 5.92 Å². The minimum atomic E-state index is 0.0647. The van der Waals surface area contributed by atoms with Crippen molar-refractivity contribution in [1.29, 1.82) is 0 Å². The van der Waals surface area contributed by atoms with Crippen molar-refractivity contribution < 1.29 is 9.53 Å². The maximum atomic E-state index is 12.9. The van der Waals surface area contributed by atoms with Crippen LogP contribution in [0.1, 0.15) is 32.1 Å². The van der Waals surface area contributed by atoms with Crippen LogP contribution in [0.15, 0.2) is 18.5 Å². The Kier molecular flexibility index (Phi) is 4.39. The van der Waals surface area contributed by atoms with Crippen LogP contribution < -0.4 is 10.2 Å². The highest BCUT2D eigenvalue weighted by Gasteiger charge is 2.53. The summed E-state index contributed by atoms with van der Waals surface area (Å²) in [6.07, 6.45) is 9.17. The van der Waals surface area contributed by atoms with Gasteiger partial charge in [-0.2, -0.15) is 0 Å². The van der Waals surface area contributed by atoms with E-state index in [1.54, 1.807) is 12.4 Å². The second kappa shape index (κ2) is 6.67. The van der Waals surface area contributed by atoms with E-state index >= 15 is 0 Å². The topological polar surface area (TPSA) is 67.3 Å². The third-order valence-corrected chi connectivity index (χ3v) is 6.05. The molecule has 0 aromatic carbocycles. The molecule has 1 saturated carbocycles. The van der Waals surface area contributed by atoms with Crippen molar-refractivity contribution in [3.8, 4) is 0 Å². The minimum absolute atomic E-state index is 0.0647. The van der Waals surface area contributed by atoms with Crippen LogP contribution in [-0.4, -0.2) is 48.7 Å². The molecule has 0 radical (unpaired) electrons. The largest absolute Gasteiger partial charge is 0.381 e. The average molecular weight is 330 g/mol. The Morgan fingerprint density at radius 2 is 2.04 bits per heavy atom. The average Bonchev–Trinajstić information content (AvgIpc) is 3.03. The smallest absolute Gasteiger partial charge is 0.225 e. The van der Waals surface area contributed by atoms with Gasteiger partial charge in [-0.3, -0.25) is 4.79 Å². The number of amides is 1. The zero-order valence-electron chi connectivity index (χ0n) is 14.1. The summed E-state index contributed by atoms with van der Waals surface area (Å²) >= 11 is 0. The molecule has 1 spiro atoms. The third-order valence-electron chi connectivity index (χ3n) is 6.05. The molecule has 3 heterocycles. The van der Waals surface area contributed by atoms with Crippen molar-refractivity contribution in [1.82, 2.24) is 15.3 Å². The summed E-state index contributed by atoms with van der Waals surface area (Å²) in [5.41, 5.74) is 0.138. The van der Waals surface area contributed by atoms with E-state index < -0.39 is 0 Å². The number of carbonyl (C=O) groups is 1. The fourth-order valence-electron chi connectivity index (χ4n) is 4.39. The highest BCUT2D eigenvalue weighted by molar-refractivity contribution is 5.81. The molecule has 2 aliphatic heterocycles. The van der Waals surface area contributed by atoms with Crippen LogP contribution in [-0.2, 0) is 9.53 Å². The van der Waals surface area contributed by atoms with Gasteiger partial charge in [-0.15, -0.1) is 0 Å². The second-order valence-electron chi connectivity index (χ2n) is 7.50. The molecule has 4 rings (SSSR count). The molecule has 1 aromatic heterocycles. The Labute approximate surface area is 143 Å². The predicted octanol–water partition coefficient (Wildman–Crippen LogP) is 1.63. The van der Waals surface area contributed by atoms with Gasteiger partial charge >= 0.3 is 0 Å². The van der Waals surface area contributed by atoms with E-state index in [0.717, 1.165) is 64.5 Å². The number of aromatic nitrogens is 2. The molecule has 1 N–H and O–H groups in total. The van der Waals surface area contributed by atoms with E-state index in [2.05, 4.69) is 20.2 Å². The van der Waals surface area contributed by atoms with Gasteiger partial charge in [0.25, 0.3) is 0 Å². The van der Waals surface area contributed by atoms with Gasteiger partial charge in [0.15, 0.2) is 0 Å². The van der Waals surface area contributed by atoms with Crippen molar-refractivity contribution in [3.63, 3.8) is 0 Å². The Balaban J connectivity index is 1.40. The molecule has 2 saturated heterocycles. The van der Waals surface area contributed by atoms with Crippen LogP contribution in [0.3, 0.4) is 0 Å². The quantitative estimate of drug-likeness (QED) is 0.909.